The van der Waals surface area contributed by atoms with Crippen molar-refractivity contribution in [2.75, 3.05) is 19.8 Å². The SMILES string of the molecule is NCC(=O)OCC1=C(C(=O)O)N2C(=O)[C@H](CO)[C@H]2S1. The molecule has 8 nitrogen and oxygen atoms in total. The fraction of sp³-hybridized carbons (Fsp3) is 0.500. The monoisotopic (exact) mass is 288 g/mol. The summed E-state index contributed by atoms with van der Waals surface area (Å²) in [7, 11) is 0. The van der Waals surface area contributed by atoms with E-state index in [9.17, 15) is 14.4 Å². The summed E-state index contributed by atoms with van der Waals surface area (Å²) in [5.74, 6) is -2.96. The summed E-state index contributed by atoms with van der Waals surface area (Å²) in [5, 5.41) is 17.7. The van der Waals surface area contributed by atoms with E-state index in [2.05, 4.69) is 0 Å². The van der Waals surface area contributed by atoms with E-state index in [1.54, 1.807) is 0 Å². The average Bonchev–Trinajstić information content (AvgIpc) is 2.71. The van der Waals surface area contributed by atoms with Crippen LogP contribution < -0.4 is 5.73 Å². The molecule has 2 atom stereocenters. The second-order valence-corrected chi connectivity index (χ2v) is 5.16. The molecule has 0 aromatic carbocycles. The van der Waals surface area contributed by atoms with Gasteiger partial charge in [0.2, 0.25) is 5.91 Å². The molecule has 0 spiro atoms. The first-order chi connectivity index (χ1) is 9.01. The molecule has 1 fully saturated rings. The van der Waals surface area contributed by atoms with E-state index < -0.39 is 29.1 Å². The van der Waals surface area contributed by atoms with Crippen LogP contribution in [0.3, 0.4) is 0 Å². The smallest absolute Gasteiger partial charge is 0.353 e. The van der Waals surface area contributed by atoms with Crippen molar-refractivity contribution in [2.24, 2.45) is 11.7 Å². The van der Waals surface area contributed by atoms with Crippen LogP contribution in [0, 0.1) is 5.92 Å². The number of carboxylic acid groups (broad SMARTS) is 1. The van der Waals surface area contributed by atoms with Crippen molar-refractivity contribution >= 4 is 29.6 Å². The molecule has 0 aliphatic carbocycles. The normalized spacial score (nSPS) is 25.2. The molecule has 2 aliphatic heterocycles. The first-order valence-corrected chi connectivity index (χ1v) is 6.32. The summed E-state index contributed by atoms with van der Waals surface area (Å²) >= 11 is 1.11. The summed E-state index contributed by atoms with van der Waals surface area (Å²) in [5.41, 5.74) is 4.89. The molecule has 0 aromatic heterocycles. The van der Waals surface area contributed by atoms with Crippen molar-refractivity contribution in [3.63, 3.8) is 0 Å². The molecule has 9 heteroatoms. The number of β-lactam (4-membered cyclic amide) rings is 1. The molecule has 2 rings (SSSR count). The number of aliphatic hydroxyl groups excluding tert-OH is 1. The lowest BCUT2D eigenvalue weighted by atomic mass is 9.98. The summed E-state index contributed by atoms with van der Waals surface area (Å²) in [6.07, 6.45) is 0. The number of esters is 1. The molecule has 0 bridgehead atoms. The minimum Gasteiger partial charge on any atom is -0.477 e. The van der Waals surface area contributed by atoms with Gasteiger partial charge in [0, 0.05) is 0 Å². The van der Waals surface area contributed by atoms with Crippen molar-refractivity contribution < 1.29 is 29.3 Å². The number of rotatable bonds is 5. The standard InChI is InChI=1S/C10H12N2O6S/c11-1-6(14)18-3-5-7(10(16)17)12-8(15)4(2-13)9(12)19-5/h4,9,13H,1-3,11H2,(H,16,17)/t4-,9+/m0/s1. The van der Waals surface area contributed by atoms with Gasteiger partial charge in [-0.3, -0.25) is 14.5 Å². The van der Waals surface area contributed by atoms with Gasteiger partial charge < -0.3 is 20.7 Å². The molecule has 104 valence electrons. The van der Waals surface area contributed by atoms with Crippen LogP contribution in [-0.2, 0) is 19.1 Å². The number of nitrogens with zero attached hydrogens (tertiary/aromatic N) is 1. The average molecular weight is 288 g/mol. The zero-order valence-corrected chi connectivity index (χ0v) is 10.6. The Morgan fingerprint density at radius 2 is 2.16 bits per heavy atom. The van der Waals surface area contributed by atoms with E-state index in [0.717, 1.165) is 16.7 Å². The van der Waals surface area contributed by atoms with Crippen LogP contribution in [0.5, 0.6) is 0 Å². The van der Waals surface area contributed by atoms with E-state index in [4.69, 9.17) is 20.7 Å². The van der Waals surface area contributed by atoms with Crippen LogP contribution in [-0.4, -0.2) is 58.1 Å². The third-order valence-electron chi connectivity index (χ3n) is 2.85. The highest BCUT2D eigenvalue weighted by Crippen LogP contribution is 2.48. The van der Waals surface area contributed by atoms with Crippen LogP contribution in [0.15, 0.2) is 10.6 Å². The highest BCUT2D eigenvalue weighted by atomic mass is 32.2. The maximum absolute atomic E-state index is 11.7. The van der Waals surface area contributed by atoms with Gasteiger partial charge in [-0.25, -0.2) is 4.79 Å². The Balaban J connectivity index is 2.15. The van der Waals surface area contributed by atoms with E-state index >= 15 is 0 Å². The number of thioether (sulfide) groups is 1. The van der Waals surface area contributed by atoms with Crippen LogP contribution in [0.4, 0.5) is 0 Å². The Morgan fingerprint density at radius 1 is 1.47 bits per heavy atom. The van der Waals surface area contributed by atoms with Gasteiger partial charge in [0.05, 0.1) is 24.0 Å². The van der Waals surface area contributed by atoms with Crippen molar-refractivity contribution in [1.29, 1.82) is 0 Å². The second kappa shape index (κ2) is 5.19. The Bertz CT molecular complexity index is 477. The Hall–Kier alpha value is -1.58. The number of ether oxygens (including phenoxy) is 1. The number of carbonyl (C=O) groups excluding carboxylic acids is 2. The van der Waals surface area contributed by atoms with Gasteiger partial charge in [-0.1, -0.05) is 11.8 Å². The maximum atomic E-state index is 11.7. The zero-order chi connectivity index (χ0) is 14.2. The first-order valence-electron chi connectivity index (χ1n) is 5.44. The fourth-order valence-corrected chi connectivity index (χ4v) is 3.33. The van der Waals surface area contributed by atoms with Crippen LogP contribution in [0.1, 0.15) is 0 Å². The van der Waals surface area contributed by atoms with Gasteiger partial charge >= 0.3 is 11.9 Å². The molecule has 2 aliphatic rings. The van der Waals surface area contributed by atoms with Crippen molar-refractivity contribution in [3.05, 3.63) is 10.6 Å². The summed E-state index contributed by atoms with van der Waals surface area (Å²) < 4.78 is 4.78. The summed E-state index contributed by atoms with van der Waals surface area (Å²) in [6, 6.07) is 0. The number of hydrogen-bond acceptors (Lipinski definition) is 7. The third kappa shape index (κ3) is 2.20. The van der Waals surface area contributed by atoms with Crippen molar-refractivity contribution in [2.45, 2.75) is 5.37 Å². The molecule has 0 unspecified atom stereocenters. The Labute approximate surface area is 112 Å². The molecule has 0 radical (unpaired) electrons. The molecule has 1 amide bonds. The van der Waals surface area contributed by atoms with Gasteiger partial charge in [-0.15, -0.1) is 0 Å². The molecule has 0 aromatic rings. The number of hydrogen-bond donors (Lipinski definition) is 3. The van der Waals surface area contributed by atoms with Gasteiger partial charge in [0.25, 0.3) is 0 Å². The summed E-state index contributed by atoms with van der Waals surface area (Å²) in [6.45, 7) is -0.873. The lowest BCUT2D eigenvalue weighted by molar-refractivity contribution is -0.153. The number of carboxylic acids is 1. The minimum atomic E-state index is -1.27. The molecular weight excluding hydrogens is 276 g/mol. The molecule has 1 saturated heterocycles. The number of carbonyl (C=O) groups is 3. The number of aliphatic carboxylic acids is 1. The van der Waals surface area contributed by atoms with Crippen molar-refractivity contribution in [1.82, 2.24) is 4.90 Å². The van der Waals surface area contributed by atoms with Gasteiger partial charge in [-0.05, 0) is 0 Å². The largest absolute Gasteiger partial charge is 0.477 e. The Morgan fingerprint density at radius 3 is 2.68 bits per heavy atom. The quantitative estimate of drug-likeness (QED) is 0.403. The number of nitrogens with two attached hydrogens (primary N) is 1. The predicted molar refractivity (Wildman–Crippen MR) is 63.5 cm³/mol. The number of aliphatic hydroxyl groups is 1. The highest BCUT2D eigenvalue weighted by molar-refractivity contribution is 8.04. The van der Waals surface area contributed by atoms with Crippen molar-refractivity contribution in [3.8, 4) is 0 Å². The lowest BCUT2D eigenvalue weighted by Crippen LogP contribution is -2.58. The first kappa shape index (κ1) is 13.8. The second-order valence-electron chi connectivity index (χ2n) is 3.95. The van der Waals surface area contributed by atoms with E-state index in [1.165, 1.54) is 0 Å². The molecular formula is C10H12N2O6S. The maximum Gasteiger partial charge on any atom is 0.353 e. The third-order valence-corrected chi connectivity index (χ3v) is 4.23. The molecule has 2 heterocycles. The fourth-order valence-electron chi connectivity index (χ4n) is 1.93. The molecule has 0 saturated carbocycles. The van der Waals surface area contributed by atoms with E-state index in [1.807, 2.05) is 0 Å². The van der Waals surface area contributed by atoms with Crippen LogP contribution >= 0.6 is 11.8 Å². The van der Waals surface area contributed by atoms with Gasteiger partial charge in [0.15, 0.2) is 0 Å². The van der Waals surface area contributed by atoms with E-state index in [0.29, 0.717) is 0 Å². The Kier molecular flexibility index (Phi) is 3.78. The minimum absolute atomic E-state index is 0.186. The predicted octanol–water partition coefficient (Wildman–Crippen LogP) is -1.69. The molecule has 4 N–H and O–H groups in total. The molecule has 19 heavy (non-hydrogen) atoms. The lowest BCUT2D eigenvalue weighted by Gasteiger charge is -2.41. The number of fused-ring (bicyclic) bond motifs is 1. The van der Waals surface area contributed by atoms with Crippen LogP contribution in [0.2, 0.25) is 0 Å². The summed E-state index contributed by atoms with van der Waals surface area (Å²) in [4.78, 5) is 35.2. The van der Waals surface area contributed by atoms with Crippen LogP contribution in [0.25, 0.3) is 0 Å². The zero-order valence-electron chi connectivity index (χ0n) is 9.74. The van der Waals surface area contributed by atoms with Gasteiger partial charge in [0.1, 0.15) is 17.7 Å². The highest BCUT2D eigenvalue weighted by Gasteiger charge is 2.55. The topological polar surface area (TPSA) is 130 Å². The number of amides is 1. The van der Waals surface area contributed by atoms with E-state index in [-0.39, 0.29) is 30.4 Å². The van der Waals surface area contributed by atoms with Gasteiger partial charge in [-0.2, -0.15) is 0 Å².